The van der Waals surface area contributed by atoms with E-state index in [9.17, 15) is 14.0 Å². The summed E-state index contributed by atoms with van der Waals surface area (Å²) in [5, 5.41) is 2.83. The van der Waals surface area contributed by atoms with Gasteiger partial charge in [0.25, 0.3) is 0 Å². The molecule has 1 N–H and O–H groups in total. The average Bonchev–Trinajstić information content (AvgIpc) is 2.45. The Kier molecular flexibility index (Phi) is 4.94. The van der Waals surface area contributed by atoms with Crippen LogP contribution in [0.3, 0.4) is 0 Å². The Morgan fingerprint density at radius 1 is 1.29 bits per heavy atom. The molecule has 1 aliphatic heterocycles. The highest BCUT2D eigenvalue weighted by Crippen LogP contribution is 2.26. The highest BCUT2D eigenvalue weighted by molar-refractivity contribution is 5.94. The van der Waals surface area contributed by atoms with Gasteiger partial charge in [0, 0.05) is 32.1 Å². The lowest BCUT2D eigenvalue weighted by atomic mass is 9.96. The molecular formula is C16H21FN2O2. The number of carbonyl (C=O) groups excluding carboxylic acids is 2. The largest absolute Gasteiger partial charge is 0.369 e. The number of nitrogens with one attached hydrogen (secondary N) is 1. The minimum Gasteiger partial charge on any atom is -0.369 e. The Hall–Kier alpha value is -1.91. The van der Waals surface area contributed by atoms with Crippen molar-refractivity contribution in [1.82, 2.24) is 5.32 Å². The molecule has 0 aliphatic carbocycles. The van der Waals surface area contributed by atoms with E-state index in [-0.39, 0.29) is 17.5 Å². The topological polar surface area (TPSA) is 49.4 Å². The first kappa shape index (κ1) is 15.5. The van der Waals surface area contributed by atoms with E-state index in [1.165, 1.54) is 19.9 Å². The molecule has 0 radical (unpaired) electrons. The Morgan fingerprint density at radius 2 is 1.95 bits per heavy atom. The van der Waals surface area contributed by atoms with Gasteiger partial charge in [-0.25, -0.2) is 4.39 Å². The fourth-order valence-electron chi connectivity index (χ4n) is 2.65. The highest BCUT2D eigenvalue weighted by atomic mass is 19.1. The summed E-state index contributed by atoms with van der Waals surface area (Å²) in [6.45, 7) is 5.17. The predicted molar refractivity (Wildman–Crippen MR) is 80.0 cm³/mol. The van der Waals surface area contributed by atoms with Crippen LogP contribution in [0.15, 0.2) is 18.2 Å². The summed E-state index contributed by atoms with van der Waals surface area (Å²) in [4.78, 5) is 24.1. The van der Waals surface area contributed by atoms with E-state index in [0.29, 0.717) is 23.7 Å². The molecular weight excluding hydrogens is 271 g/mol. The molecule has 1 heterocycles. The number of carbonyl (C=O) groups is 2. The van der Waals surface area contributed by atoms with E-state index in [1.54, 1.807) is 12.1 Å². The third-order valence-electron chi connectivity index (χ3n) is 3.95. The lowest BCUT2D eigenvalue weighted by Crippen LogP contribution is -2.38. The molecule has 1 fully saturated rings. The molecule has 0 atom stereocenters. The number of anilines is 1. The van der Waals surface area contributed by atoms with Crippen LogP contribution in [0.5, 0.6) is 0 Å². The van der Waals surface area contributed by atoms with Gasteiger partial charge >= 0.3 is 0 Å². The zero-order valence-corrected chi connectivity index (χ0v) is 12.5. The molecule has 0 aromatic heterocycles. The zero-order chi connectivity index (χ0) is 15.4. The SMILES string of the molecule is CC(=O)NCC1CCN(c2ccc(C(C)=O)cc2F)CC1. The number of halogens is 1. The Morgan fingerprint density at radius 3 is 2.48 bits per heavy atom. The van der Waals surface area contributed by atoms with Gasteiger partial charge in [-0.2, -0.15) is 0 Å². The van der Waals surface area contributed by atoms with Crippen molar-refractivity contribution >= 4 is 17.4 Å². The number of nitrogens with zero attached hydrogens (tertiary/aromatic N) is 1. The van der Waals surface area contributed by atoms with Crippen molar-refractivity contribution in [3.8, 4) is 0 Å². The van der Waals surface area contributed by atoms with Crippen molar-refractivity contribution in [1.29, 1.82) is 0 Å². The van der Waals surface area contributed by atoms with Crippen LogP contribution in [0.4, 0.5) is 10.1 Å². The summed E-state index contributed by atoms with van der Waals surface area (Å²) in [5.41, 5.74) is 0.953. The van der Waals surface area contributed by atoms with E-state index in [1.807, 2.05) is 4.90 Å². The summed E-state index contributed by atoms with van der Waals surface area (Å²) in [6, 6.07) is 4.66. The lowest BCUT2D eigenvalue weighted by Gasteiger charge is -2.33. The van der Waals surface area contributed by atoms with Crippen molar-refractivity contribution in [2.75, 3.05) is 24.5 Å². The standard InChI is InChI=1S/C16H21FN2O2/c1-11(20)14-3-4-16(15(17)9-14)19-7-5-13(6-8-19)10-18-12(2)21/h3-4,9,13H,5-8,10H2,1-2H3,(H,18,21). The summed E-state index contributed by atoms with van der Waals surface area (Å²) >= 11 is 0. The Labute approximate surface area is 124 Å². The van der Waals surface area contributed by atoms with Crippen LogP contribution in [0.2, 0.25) is 0 Å². The van der Waals surface area contributed by atoms with Gasteiger partial charge in [-0.3, -0.25) is 9.59 Å². The van der Waals surface area contributed by atoms with Crippen LogP contribution >= 0.6 is 0 Å². The second kappa shape index (κ2) is 6.70. The molecule has 1 aliphatic rings. The summed E-state index contributed by atoms with van der Waals surface area (Å²) in [7, 11) is 0. The zero-order valence-electron chi connectivity index (χ0n) is 12.5. The molecule has 114 valence electrons. The van der Waals surface area contributed by atoms with E-state index in [0.717, 1.165) is 25.9 Å². The number of benzene rings is 1. The number of hydrogen-bond donors (Lipinski definition) is 1. The number of amides is 1. The third-order valence-corrected chi connectivity index (χ3v) is 3.95. The van der Waals surface area contributed by atoms with Crippen molar-refractivity contribution in [3.63, 3.8) is 0 Å². The molecule has 0 unspecified atom stereocenters. The fraction of sp³-hybridized carbons (Fsp3) is 0.500. The lowest BCUT2D eigenvalue weighted by molar-refractivity contribution is -0.119. The summed E-state index contributed by atoms with van der Waals surface area (Å²) in [6.07, 6.45) is 1.85. The van der Waals surface area contributed by atoms with Crippen LogP contribution in [0.25, 0.3) is 0 Å². The Balaban J connectivity index is 1.96. The molecule has 5 heteroatoms. The van der Waals surface area contributed by atoms with Gasteiger partial charge in [0.1, 0.15) is 5.82 Å². The third kappa shape index (κ3) is 4.03. The van der Waals surface area contributed by atoms with Crippen LogP contribution in [0, 0.1) is 11.7 Å². The van der Waals surface area contributed by atoms with Gasteiger partial charge in [-0.15, -0.1) is 0 Å². The molecule has 2 rings (SSSR count). The monoisotopic (exact) mass is 292 g/mol. The van der Waals surface area contributed by atoms with Gasteiger partial charge in [0.05, 0.1) is 5.69 Å². The van der Waals surface area contributed by atoms with Crippen molar-refractivity contribution in [2.45, 2.75) is 26.7 Å². The van der Waals surface area contributed by atoms with Gasteiger partial charge < -0.3 is 10.2 Å². The van der Waals surface area contributed by atoms with Gasteiger partial charge in [0.15, 0.2) is 5.78 Å². The molecule has 1 saturated heterocycles. The smallest absolute Gasteiger partial charge is 0.216 e. The summed E-state index contributed by atoms with van der Waals surface area (Å²) in [5.74, 6) is -0.0366. The first-order valence-corrected chi connectivity index (χ1v) is 7.27. The van der Waals surface area contributed by atoms with Crippen LogP contribution in [0.1, 0.15) is 37.0 Å². The molecule has 4 nitrogen and oxygen atoms in total. The van der Waals surface area contributed by atoms with Crippen LogP contribution in [-0.2, 0) is 4.79 Å². The van der Waals surface area contributed by atoms with Crippen molar-refractivity contribution in [3.05, 3.63) is 29.6 Å². The number of ketones is 1. The second-order valence-electron chi connectivity index (χ2n) is 5.59. The van der Waals surface area contributed by atoms with E-state index in [4.69, 9.17) is 0 Å². The first-order valence-electron chi connectivity index (χ1n) is 7.27. The van der Waals surface area contributed by atoms with Gasteiger partial charge in [-0.1, -0.05) is 0 Å². The molecule has 1 aromatic rings. The van der Waals surface area contributed by atoms with E-state index < -0.39 is 0 Å². The molecule has 0 spiro atoms. The first-order chi connectivity index (χ1) is 9.97. The van der Waals surface area contributed by atoms with E-state index in [2.05, 4.69) is 5.32 Å². The molecule has 0 saturated carbocycles. The van der Waals surface area contributed by atoms with Crippen LogP contribution < -0.4 is 10.2 Å². The van der Waals surface area contributed by atoms with Gasteiger partial charge in [0.2, 0.25) is 5.91 Å². The number of Topliss-reactive ketones (excluding diaryl/α,β-unsaturated/α-hetero) is 1. The number of rotatable bonds is 4. The van der Waals surface area contributed by atoms with Crippen molar-refractivity contribution in [2.24, 2.45) is 5.92 Å². The highest BCUT2D eigenvalue weighted by Gasteiger charge is 2.21. The average molecular weight is 292 g/mol. The number of hydrogen-bond acceptors (Lipinski definition) is 3. The molecule has 1 aromatic carbocycles. The second-order valence-corrected chi connectivity index (χ2v) is 5.59. The maximum atomic E-state index is 14.1. The normalized spacial score (nSPS) is 15.9. The van der Waals surface area contributed by atoms with Gasteiger partial charge in [-0.05, 0) is 43.9 Å². The minimum absolute atomic E-state index is 0.0108. The van der Waals surface area contributed by atoms with E-state index >= 15 is 0 Å². The fourth-order valence-corrected chi connectivity index (χ4v) is 2.65. The maximum Gasteiger partial charge on any atom is 0.216 e. The molecule has 0 bridgehead atoms. The van der Waals surface area contributed by atoms with Crippen molar-refractivity contribution < 1.29 is 14.0 Å². The molecule has 21 heavy (non-hydrogen) atoms. The predicted octanol–water partition coefficient (Wildman–Crippen LogP) is 2.38. The Bertz CT molecular complexity index is 537. The minimum atomic E-state index is -0.344. The molecule has 1 amide bonds. The quantitative estimate of drug-likeness (QED) is 0.867. The van der Waals surface area contributed by atoms with Crippen LogP contribution in [-0.4, -0.2) is 31.3 Å². The summed E-state index contributed by atoms with van der Waals surface area (Å²) < 4.78 is 14.1. The number of piperidine rings is 1. The maximum absolute atomic E-state index is 14.1.